The van der Waals surface area contributed by atoms with Gasteiger partial charge in [0.15, 0.2) is 0 Å². The Morgan fingerprint density at radius 1 is 1.10 bits per heavy atom. The monoisotopic (exact) mass is 416 g/mol. The smallest absolute Gasteiger partial charge is 0.416 e. The summed E-state index contributed by atoms with van der Waals surface area (Å²) in [7, 11) is 3.62. The minimum absolute atomic E-state index is 0.0496. The highest BCUT2D eigenvalue weighted by Gasteiger charge is 2.44. The second kappa shape index (κ2) is 6.52. The molecule has 7 heteroatoms. The largest absolute Gasteiger partial charge is 0.481 e. The molecule has 0 saturated heterocycles. The number of carbonyl (C=O) groups excluding carboxylic acids is 1. The van der Waals surface area contributed by atoms with E-state index in [1.807, 2.05) is 45.0 Å². The standard InChI is InChI=1S/C23H23F3N2O2/c1-13-16(23(24,25)26)10-11-17-18(13)19(20(27(4)5)22(2,3)30-17)28-12-14-8-6-7-9-15(14)21(28)29/h6-11H,12H2,1-5H3. The Morgan fingerprint density at radius 3 is 2.37 bits per heavy atom. The van der Waals surface area contributed by atoms with Crippen LogP contribution in [0.15, 0.2) is 42.1 Å². The fourth-order valence-corrected chi connectivity index (χ4v) is 4.55. The number of rotatable bonds is 2. The van der Waals surface area contributed by atoms with E-state index in [-0.39, 0.29) is 11.5 Å². The van der Waals surface area contributed by atoms with E-state index in [1.54, 1.807) is 17.0 Å². The lowest BCUT2D eigenvalue weighted by Crippen LogP contribution is -2.44. The molecule has 0 radical (unpaired) electrons. The summed E-state index contributed by atoms with van der Waals surface area (Å²) >= 11 is 0. The van der Waals surface area contributed by atoms with Gasteiger partial charge in [0.1, 0.15) is 11.4 Å². The van der Waals surface area contributed by atoms with Gasteiger partial charge < -0.3 is 14.5 Å². The number of alkyl halides is 3. The highest BCUT2D eigenvalue weighted by molar-refractivity contribution is 6.04. The number of hydrogen-bond donors (Lipinski definition) is 0. The van der Waals surface area contributed by atoms with E-state index in [9.17, 15) is 18.0 Å². The van der Waals surface area contributed by atoms with Crippen molar-refractivity contribution in [3.05, 3.63) is 69.9 Å². The van der Waals surface area contributed by atoms with Crippen LogP contribution in [0.3, 0.4) is 0 Å². The maximum atomic E-state index is 13.7. The van der Waals surface area contributed by atoms with Gasteiger partial charge in [-0.25, -0.2) is 0 Å². The van der Waals surface area contributed by atoms with Crippen LogP contribution in [0.25, 0.3) is 5.70 Å². The normalized spacial score (nSPS) is 17.6. The number of ether oxygens (including phenoxy) is 1. The van der Waals surface area contributed by atoms with E-state index in [4.69, 9.17) is 4.74 Å². The molecule has 2 aromatic rings. The van der Waals surface area contributed by atoms with Crippen molar-refractivity contribution < 1.29 is 22.7 Å². The summed E-state index contributed by atoms with van der Waals surface area (Å²) in [5, 5.41) is 0. The Balaban J connectivity index is 2.02. The molecule has 30 heavy (non-hydrogen) atoms. The maximum Gasteiger partial charge on any atom is 0.416 e. The molecule has 0 spiro atoms. The van der Waals surface area contributed by atoms with Crippen molar-refractivity contribution in [1.29, 1.82) is 0 Å². The van der Waals surface area contributed by atoms with Crippen molar-refractivity contribution in [3.63, 3.8) is 0 Å². The Kier molecular flexibility index (Phi) is 4.42. The quantitative estimate of drug-likeness (QED) is 0.685. The number of fused-ring (bicyclic) bond motifs is 2. The summed E-state index contributed by atoms with van der Waals surface area (Å²) in [6.07, 6.45) is -4.51. The van der Waals surface area contributed by atoms with E-state index >= 15 is 0 Å². The molecule has 2 heterocycles. The minimum atomic E-state index is -4.51. The topological polar surface area (TPSA) is 32.8 Å². The molecule has 0 atom stereocenters. The van der Waals surface area contributed by atoms with Crippen molar-refractivity contribution in [2.24, 2.45) is 0 Å². The van der Waals surface area contributed by atoms with Crippen molar-refractivity contribution in [1.82, 2.24) is 9.80 Å². The fourth-order valence-electron chi connectivity index (χ4n) is 4.55. The van der Waals surface area contributed by atoms with Crippen LogP contribution in [0.1, 0.15) is 46.5 Å². The van der Waals surface area contributed by atoms with Gasteiger partial charge in [0.2, 0.25) is 0 Å². The summed E-state index contributed by atoms with van der Waals surface area (Å²) in [4.78, 5) is 16.7. The van der Waals surface area contributed by atoms with Crippen molar-refractivity contribution in [2.45, 2.75) is 39.1 Å². The molecule has 2 aliphatic rings. The lowest BCUT2D eigenvalue weighted by atomic mass is 9.89. The first-order valence-corrected chi connectivity index (χ1v) is 9.65. The van der Waals surface area contributed by atoms with E-state index in [1.165, 1.54) is 13.0 Å². The van der Waals surface area contributed by atoms with Crippen LogP contribution in [0.2, 0.25) is 0 Å². The van der Waals surface area contributed by atoms with Crippen LogP contribution >= 0.6 is 0 Å². The number of nitrogens with zero attached hydrogens (tertiary/aromatic N) is 2. The molecule has 1 amide bonds. The molecular formula is C23H23F3N2O2. The predicted octanol–water partition coefficient (Wildman–Crippen LogP) is 5.07. The number of halogens is 3. The first-order valence-electron chi connectivity index (χ1n) is 9.65. The van der Waals surface area contributed by atoms with E-state index in [0.29, 0.717) is 34.8 Å². The lowest BCUT2D eigenvalue weighted by molar-refractivity contribution is -0.138. The van der Waals surface area contributed by atoms with Crippen LogP contribution < -0.4 is 4.74 Å². The summed E-state index contributed by atoms with van der Waals surface area (Å²) < 4.78 is 47.2. The zero-order valence-electron chi connectivity index (χ0n) is 17.5. The van der Waals surface area contributed by atoms with Gasteiger partial charge in [-0.15, -0.1) is 0 Å². The molecule has 0 N–H and O–H groups in total. The van der Waals surface area contributed by atoms with E-state index in [0.717, 1.165) is 11.6 Å². The summed E-state index contributed by atoms with van der Waals surface area (Å²) in [5.74, 6) is 0.121. The molecule has 2 aromatic carbocycles. The third-order valence-electron chi connectivity index (χ3n) is 5.67. The van der Waals surface area contributed by atoms with Gasteiger partial charge >= 0.3 is 6.18 Å². The molecule has 0 bridgehead atoms. The van der Waals surface area contributed by atoms with Crippen molar-refractivity contribution in [2.75, 3.05) is 14.1 Å². The van der Waals surface area contributed by atoms with Gasteiger partial charge in [-0.3, -0.25) is 4.79 Å². The first-order chi connectivity index (χ1) is 13.9. The average molecular weight is 416 g/mol. The lowest BCUT2D eigenvalue weighted by Gasteiger charge is -2.42. The van der Waals surface area contributed by atoms with Crippen LogP contribution in [0, 0.1) is 6.92 Å². The van der Waals surface area contributed by atoms with E-state index < -0.39 is 17.3 Å². The Morgan fingerprint density at radius 2 is 1.77 bits per heavy atom. The maximum absolute atomic E-state index is 13.7. The molecule has 0 saturated carbocycles. The van der Waals surface area contributed by atoms with Crippen LogP contribution in [-0.4, -0.2) is 35.4 Å². The minimum Gasteiger partial charge on any atom is -0.481 e. The SMILES string of the molecule is Cc1c(C(F)(F)F)ccc2c1C(N1Cc3ccccc3C1=O)=C(N(C)C)C(C)(C)O2. The van der Waals surface area contributed by atoms with Gasteiger partial charge in [-0.2, -0.15) is 13.2 Å². The highest BCUT2D eigenvalue weighted by Crippen LogP contribution is 2.48. The molecule has 4 nitrogen and oxygen atoms in total. The number of benzene rings is 2. The molecule has 0 fully saturated rings. The predicted molar refractivity (Wildman–Crippen MR) is 108 cm³/mol. The van der Waals surface area contributed by atoms with Crippen LogP contribution in [-0.2, 0) is 12.7 Å². The number of hydrogen-bond acceptors (Lipinski definition) is 3. The first kappa shape index (κ1) is 20.3. The molecule has 158 valence electrons. The summed E-state index contributed by atoms with van der Waals surface area (Å²) in [6, 6.07) is 9.66. The third kappa shape index (κ3) is 2.95. The van der Waals surface area contributed by atoms with Gasteiger partial charge in [-0.1, -0.05) is 18.2 Å². The molecule has 0 aromatic heterocycles. The average Bonchev–Trinajstić information content (AvgIpc) is 2.95. The zero-order valence-corrected chi connectivity index (χ0v) is 17.5. The molecular weight excluding hydrogens is 393 g/mol. The van der Waals surface area contributed by atoms with Gasteiger partial charge in [-0.05, 0) is 50.1 Å². The number of carbonyl (C=O) groups is 1. The van der Waals surface area contributed by atoms with Crippen LogP contribution in [0.4, 0.5) is 13.2 Å². The van der Waals surface area contributed by atoms with Gasteiger partial charge in [0, 0.05) is 25.2 Å². The Bertz CT molecular complexity index is 1080. The van der Waals surface area contributed by atoms with E-state index in [2.05, 4.69) is 0 Å². The summed E-state index contributed by atoms with van der Waals surface area (Å²) in [6.45, 7) is 5.44. The third-order valence-corrected chi connectivity index (χ3v) is 5.67. The van der Waals surface area contributed by atoms with Crippen molar-refractivity contribution in [3.8, 4) is 5.75 Å². The van der Waals surface area contributed by atoms with Crippen molar-refractivity contribution >= 4 is 11.6 Å². The summed E-state index contributed by atoms with van der Waals surface area (Å²) in [5.41, 5.74) is 1.33. The molecule has 4 rings (SSSR count). The fraction of sp³-hybridized carbons (Fsp3) is 0.348. The molecule has 2 aliphatic heterocycles. The number of amides is 1. The van der Waals surface area contributed by atoms with Crippen LogP contribution in [0.5, 0.6) is 5.75 Å². The zero-order chi connectivity index (χ0) is 22.0. The number of likely N-dealkylation sites (N-methyl/N-ethyl adjacent to an activating group) is 1. The van der Waals surface area contributed by atoms with Gasteiger partial charge in [0.25, 0.3) is 5.91 Å². The molecule has 0 unspecified atom stereocenters. The second-order valence-corrected chi connectivity index (χ2v) is 8.36. The Labute approximate surface area is 173 Å². The van der Waals surface area contributed by atoms with Gasteiger partial charge in [0.05, 0.1) is 23.5 Å². The Hall–Kier alpha value is -2.96. The second-order valence-electron chi connectivity index (χ2n) is 8.36. The molecule has 0 aliphatic carbocycles. The highest BCUT2D eigenvalue weighted by atomic mass is 19.4.